The molecule has 0 radical (unpaired) electrons. The van der Waals surface area contributed by atoms with Crippen LogP contribution in [-0.4, -0.2) is 0 Å². The maximum atomic E-state index is 13.5. The lowest BCUT2D eigenvalue weighted by molar-refractivity contribution is 0.580. The molecule has 0 aliphatic carbocycles. The van der Waals surface area contributed by atoms with E-state index >= 15 is 0 Å². The van der Waals surface area contributed by atoms with Crippen LogP contribution in [0.4, 0.5) is 4.39 Å². The predicted molar refractivity (Wildman–Crippen MR) is 57.8 cm³/mol. The molecule has 0 fully saturated rings. The lowest BCUT2D eigenvalue weighted by Crippen LogP contribution is -2.12. The van der Waals surface area contributed by atoms with Gasteiger partial charge >= 0.3 is 0 Å². The van der Waals surface area contributed by atoms with Gasteiger partial charge in [-0.1, -0.05) is 29.3 Å². The van der Waals surface area contributed by atoms with Crippen molar-refractivity contribution in [3.05, 3.63) is 46.8 Å². The number of halogens is 2. The highest BCUT2D eigenvalue weighted by Gasteiger charge is 2.13. The molecule has 76 valence electrons. The third kappa shape index (κ3) is 2.56. The SMILES string of the molecule is C=C(C)C[C@@H](N)c1cccc(Cl)c1F. The van der Waals surface area contributed by atoms with Crippen LogP contribution < -0.4 is 5.73 Å². The van der Waals surface area contributed by atoms with Crippen molar-refractivity contribution in [1.82, 2.24) is 0 Å². The van der Waals surface area contributed by atoms with Gasteiger partial charge in [0, 0.05) is 11.6 Å². The number of hydrogen-bond donors (Lipinski definition) is 1. The van der Waals surface area contributed by atoms with E-state index in [1.54, 1.807) is 12.1 Å². The van der Waals surface area contributed by atoms with Crippen LogP contribution in [0.5, 0.6) is 0 Å². The van der Waals surface area contributed by atoms with E-state index in [1.165, 1.54) is 6.07 Å². The van der Waals surface area contributed by atoms with E-state index in [2.05, 4.69) is 6.58 Å². The fraction of sp³-hybridized carbons (Fsp3) is 0.273. The van der Waals surface area contributed by atoms with Crippen LogP contribution in [0.3, 0.4) is 0 Å². The van der Waals surface area contributed by atoms with Gasteiger partial charge in [0.2, 0.25) is 0 Å². The molecule has 0 aliphatic rings. The minimum absolute atomic E-state index is 0.111. The topological polar surface area (TPSA) is 26.0 Å². The highest BCUT2D eigenvalue weighted by molar-refractivity contribution is 6.30. The smallest absolute Gasteiger partial charge is 0.146 e. The normalized spacial score (nSPS) is 12.6. The molecular weight excluding hydrogens is 201 g/mol. The van der Waals surface area contributed by atoms with Crippen LogP contribution >= 0.6 is 11.6 Å². The first kappa shape index (κ1) is 11.2. The van der Waals surface area contributed by atoms with Crippen LogP contribution in [0.15, 0.2) is 30.4 Å². The highest BCUT2D eigenvalue weighted by Crippen LogP contribution is 2.25. The molecule has 14 heavy (non-hydrogen) atoms. The van der Waals surface area contributed by atoms with Crippen molar-refractivity contribution in [2.24, 2.45) is 5.73 Å². The van der Waals surface area contributed by atoms with Gasteiger partial charge in [-0.3, -0.25) is 0 Å². The minimum Gasteiger partial charge on any atom is -0.324 e. The van der Waals surface area contributed by atoms with Gasteiger partial charge in [-0.2, -0.15) is 0 Å². The van der Waals surface area contributed by atoms with Gasteiger partial charge in [-0.15, -0.1) is 6.58 Å². The van der Waals surface area contributed by atoms with E-state index in [4.69, 9.17) is 17.3 Å². The molecule has 0 heterocycles. The summed E-state index contributed by atoms with van der Waals surface area (Å²) in [7, 11) is 0. The predicted octanol–water partition coefficient (Wildman–Crippen LogP) is 3.45. The zero-order valence-electron chi connectivity index (χ0n) is 8.06. The number of benzene rings is 1. The van der Waals surface area contributed by atoms with Gasteiger partial charge in [0.05, 0.1) is 5.02 Å². The van der Waals surface area contributed by atoms with Gasteiger partial charge < -0.3 is 5.73 Å². The van der Waals surface area contributed by atoms with Gasteiger partial charge in [0.15, 0.2) is 0 Å². The lowest BCUT2D eigenvalue weighted by Gasteiger charge is -2.13. The standard InChI is InChI=1S/C11H13ClFN/c1-7(2)6-10(14)8-4-3-5-9(12)11(8)13/h3-5,10H,1,6,14H2,2H3/t10-/m1/s1. The zero-order chi connectivity index (χ0) is 10.7. The van der Waals surface area contributed by atoms with Crippen LogP contribution in [0, 0.1) is 5.82 Å². The van der Waals surface area contributed by atoms with Gasteiger partial charge in [-0.25, -0.2) is 4.39 Å². The Balaban J connectivity index is 2.95. The molecule has 1 aromatic rings. The van der Waals surface area contributed by atoms with Crippen molar-refractivity contribution in [2.75, 3.05) is 0 Å². The quantitative estimate of drug-likeness (QED) is 0.765. The van der Waals surface area contributed by atoms with Crippen molar-refractivity contribution in [2.45, 2.75) is 19.4 Å². The van der Waals surface area contributed by atoms with E-state index < -0.39 is 5.82 Å². The third-order valence-electron chi connectivity index (χ3n) is 1.95. The average molecular weight is 214 g/mol. The van der Waals surface area contributed by atoms with Crippen molar-refractivity contribution < 1.29 is 4.39 Å². The summed E-state index contributed by atoms with van der Waals surface area (Å²) in [6, 6.07) is 4.48. The first-order valence-corrected chi connectivity index (χ1v) is 4.74. The number of rotatable bonds is 3. The van der Waals surface area contributed by atoms with Crippen LogP contribution in [0.25, 0.3) is 0 Å². The molecule has 0 unspecified atom stereocenters. The molecule has 1 nitrogen and oxygen atoms in total. The Hall–Kier alpha value is -0.860. The van der Waals surface area contributed by atoms with Crippen molar-refractivity contribution in [1.29, 1.82) is 0 Å². The van der Waals surface area contributed by atoms with E-state index in [0.717, 1.165) is 5.57 Å². The number of nitrogens with two attached hydrogens (primary N) is 1. The Labute approximate surface area is 88.4 Å². The molecule has 2 N–H and O–H groups in total. The summed E-state index contributed by atoms with van der Waals surface area (Å²) in [6.07, 6.45) is 0.567. The summed E-state index contributed by atoms with van der Waals surface area (Å²) in [5, 5.41) is 0.111. The van der Waals surface area contributed by atoms with E-state index in [-0.39, 0.29) is 11.1 Å². The molecule has 0 saturated carbocycles. The molecule has 1 rings (SSSR count). The van der Waals surface area contributed by atoms with Gasteiger partial charge in [-0.05, 0) is 19.4 Å². The van der Waals surface area contributed by atoms with Crippen molar-refractivity contribution >= 4 is 11.6 Å². The maximum absolute atomic E-state index is 13.5. The fourth-order valence-electron chi connectivity index (χ4n) is 1.29. The molecule has 0 amide bonds. The van der Waals surface area contributed by atoms with E-state index in [1.807, 2.05) is 6.92 Å². The van der Waals surface area contributed by atoms with Crippen molar-refractivity contribution in [3.63, 3.8) is 0 Å². The third-order valence-corrected chi connectivity index (χ3v) is 2.24. The zero-order valence-corrected chi connectivity index (χ0v) is 8.81. The van der Waals surface area contributed by atoms with Crippen LogP contribution in [0.1, 0.15) is 24.9 Å². The van der Waals surface area contributed by atoms with Gasteiger partial charge in [0.1, 0.15) is 5.82 Å². The molecule has 0 spiro atoms. The second kappa shape index (κ2) is 4.58. The molecule has 0 saturated heterocycles. The molecule has 0 aliphatic heterocycles. The monoisotopic (exact) mass is 213 g/mol. The molecule has 1 atom stereocenters. The van der Waals surface area contributed by atoms with E-state index in [9.17, 15) is 4.39 Å². The molecule has 1 aromatic carbocycles. The van der Waals surface area contributed by atoms with Crippen LogP contribution in [0.2, 0.25) is 5.02 Å². The summed E-state index contributed by atoms with van der Waals surface area (Å²) in [5.41, 5.74) is 7.18. The molecule has 0 bridgehead atoms. The summed E-state index contributed by atoms with van der Waals surface area (Å²) >= 11 is 5.64. The Morgan fingerprint density at radius 3 is 2.86 bits per heavy atom. The van der Waals surface area contributed by atoms with Crippen LogP contribution in [-0.2, 0) is 0 Å². The molecular formula is C11H13ClFN. The van der Waals surface area contributed by atoms with Crippen molar-refractivity contribution in [3.8, 4) is 0 Å². The summed E-state index contributed by atoms with van der Waals surface area (Å²) in [6.45, 7) is 5.60. The fourth-order valence-corrected chi connectivity index (χ4v) is 1.47. The highest BCUT2D eigenvalue weighted by atomic mass is 35.5. The average Bonchev–Trinajstić information content (AvgIpc) is 2.08. The number of hydrogen-bond acceptors (Lipinski definition) is 1. The second-order valence-corrected chi connectivity index (χ2v) is 3.82. The summed E-state index contributed by atoms with van der Waals surface area (Å²) < 4.78 is 13.5. The largest absolute Gasteiger partial charge is 0.324 e. The maximum Gasteiger partial charge on any atom is 0.146 e. The first-order chi connectivity index (χ1) is 6.52. The Bertz CT molecular complexity index is 349. The van der Waals surface area contributed by atoms with Gasteiger partial charge in [0.25, 0.3) is 0 Å². The first-order valence-electron chi connectivity index (χ1n) is 4.36. The summed E-state index contributed by atoms with van der Waals surface area (Å²) in [4.78, 5) is 0. The molecule has 0 aromatic heterocycles. The molecule has 3 heteroatoms. The van der Waals surface area contributed by atoms with E-state index in [0.29, 0.717) is 12.0 Å². The minimum atomic E-state index is -0.428. The Kier molecular flexibility index (Phi) is 3.67. The lowest BCUT2D eigenvalue weighted by atomic mass is 10.0. The Morgan fingerprint density at radius 2 is 2.29 bits per heavy atom. The second-order valence-electron chi connectivity index (χ2n) is 3.41. The summed E-state index contributed by atoms with van der Waals surface area (Å²) in [5.74, 6) is -0.428. The Morgan fingerprint density at radius 1 is 1.64 bits per heavy atom.